The summed E-state index contributed by atoms with van der Waals surface area (Å²) in [6.07, 6.45) is 0. The summed E-state index contributed by atoms with van der Waals surface area (Å²) >= 11 is 0. The summed E-state index contributed by atoms with van der Waals surface area (Å²) in [5, 5.41) is 2.74. The maximum atomic E-state index is 13.5. The highest BCUT2D eigenvalue weighted by molar-refractivity contribution is 7.92. The van der Waals surface area contributed by atoms with Gasteiger partial charge >= 0.3 is 0 Å². The minimum absolute atomic E-state index is 0.150. The first-order valence-electron chi connectivity index (χ1n) is 11.5. The van der Waals surface area contributed by atoms with E-state index >= 15 is 0 Å². The Morgan fingerprint density at radius 1 is 0.838 bits per heavy atom. The molecule has 4 aromatic rings. The molecule has 7 nitrogen and oxygen atoms in total. The Hall–Kier alpha value is -4.37. The van der Waals surface area contributed by atoms with Crippen LogP contribution < -0.4 is 19.1 Å². The number of benzene rings is 4. The number of halogens is 1. The molecule has 37 heavy (non-hydrogen) atoms. The normalized spacial score (nSPS) is 11.0. The molecule has 9 heteroatoms. The molecule has 0 aliphatic rings. The number of carbonyl (C=O) groups is 1. The number of ether oxygens (including phenoxy) is 2. The second-order valence-electron chi connectivity index (χ2n) is 7.85. The quantitative estimate of drug-likeness (QED) is 0.284. The van der Waals surface area contributed by atoms with Crippen LogP contribution in [0.5, 0.6) is 17.2 Å². The molecule has 0 aromatic heterocycles. The highest BCUT2D eigenvalue weighted by Gasteiger charge is 2.27. The predicted octanol–water partition coefficient (Wildman–Crippen LogP) is 5.85. The van der Waals surface area contributed by atoms with E-state index < -0.39 is 28.3 Å². The monoisotopic (exact) mass is 520 g/mol. The first-order chi connectivity index (χ1) is 17.9. The number of amides is 1. The second kappa shape index (κ2) is 11.6. The smallest absolute Gasteiger partial charge is 0.264 e. The van der Waals surface area contributed by atoms with Crippen LogP contribution in [-0.2, 0) is 14.8 Å². The maximum Gasteiger partial charge on any atom is 0.264 e. The van der Waals surface area contributed by atoms with Crippen molar-refractivity contribution in [3.63, 3.8) is 0 Å². The Kier molecular flexibility index (Phi) is 8.05. The molecule has 190 valence electrons. The standard InChI is InChI=1S/C28H25FN2O5S/c1-2-35-23-16-14-22(15-17-23)31(37(33,34)25-18-12-21(29)13-19-25)20-28(32)30-26-10-6-7-11-27(26)36-24-8-4-3-5-9-24/h3-19H,2,20H2,1H3,(H,30,32). The van der Waals surface area contributed by atoms with Crippen molar-refractivity contribution >= 4 is 27.3 Å². The third-order valence-electron chi connectivity index (χ3n) is 5.26. The predicted molar refractivity (Wildman–Crippen MR) is 140 cm³/mol. The van der Waals surface area contributed by atoms with Gasteiger partial charge in [0.25, 0.3) is 10.0 Å². The lowest BCUT2D eigenvalue weighted by Crippen LogP contribution is -2.38. The van der Waals surface area contributed by atoms with Gasteiger partial charge in [0, 0.05) is 0 Å². The van der Waals surface area contributed by atoms with E-state index in [1.807, 2.05) is 25.1 Å². The van der Waals surface area contributed by atoms with Crippen LogP contribution in [0.15, 0.2) is 108 Å². The number of nitrogens with zero attached hydrogens (tertiary/aromatic N) is 1. The molecule has 0 aliphatic carbocycles. The molecule has 0 unspecified atom stereocenters. The van der Waals surface area contributed by atoms with Crippen LogP contribution in [0.2, 0.25) is 0 Å². The molecule has 1 amide bonds. The second-order valence-corrected chi connectivity index (χ2v) is 9.71. The maximum absolute atomic E-state index is 13.5. The number of sulfonamides is 1. The average molecular weight is 521 g/mol. The molecule has 0 saturated heterocycles. The van der Waals surface area contributed by atoms with Crippen LogP contribution in [0.4, 0.5) is 15.8 Å². The van der Waals surface area contributed by atoms with E-state index in [1.54, 1.807) is 60.7 Å². The molecule has 0 radical (unpaired) electrons. The Balaban J connectivity index is 1.61. The Labute approximate surface area is 215 Å². The van der Waals surface area contributed by atoms with E-state index in [-0.39, 0.29) is 10.6 Å². The zero-order chi connectivity index (χ0) is 26.3. The van der Waals surface area contributed by atoms with Crippen molar-refractivity contribution in [1.82, 2.24) is 0 Å². The fourth-order valence-electron chi connectivity index (χ4n) is 3.52. The van der Waals surface area contributed by atoms with Crippen LogP contribution >= 0.6 is 0 Å². The molecule has 0 bridgehead atoms. The van der Waals surface area contributed by atoms with E-state index in [4.69, 9.17) is 9.47 Å². The largest absolute Gasteiger partial charge is 0.494 e. The Morgan fingerprint density at radius 2 is 1.49 bits per heavy atom. The van der Waals surface area contributed by atoms with Crippen molar-refractivity contribution in [2.75, 3.05) is 22.8 Å². The van der Waals surface area contributed by atoms with E-state index in [0.717, 1.165) is 28.6 Å². The lowest BCUT2D eigenvalue weighted by molar-refractivity contribution is -0.114. The van der Waals surface area contributed by atoms with Gasteiger partial charge in [-0.2, -0.15) is 0 Å². The highest BCUT2D eigenvalue weighted by Crippen LogP contribution is 2.30. The minimum atomic E-state index is -4.21. The summed E-state index contributed by atoms with van der Waals surface area (Å²) in [5.41, 5.74) is 0.624. The Morgan fingerprint density at radius 3 is 2.16 bits per heavy atom. The number of hydrogen-bond donors (Lipinski definition) is 1. The van der Waals surface area contributed by atoms with Crippen LogP contribution in [0.3, 0.4) is 0 Å². The summed E-state index contributed by atoms with van der Waals surface area (Å²) < 4.78 is 52.8. The number of para-hydroxylation sites is 3. The van der Waals surface area contributed by atoms with E-state index in [0.29, 0.717) is 29.5 Å². The molecule has 0 spiro atoms. The number of nitrogens with one attached hydrogen (secondary N) is 1. The zero-order valence-corrected chi connectivity index (χ0v) is 20.8. The SMILES string of the molecule is CCOc1ccc(N(CC(=O)Nc2ccccc2Oc2ccccc2)S(=O)(=O)c2ccc(F)cc2)cc1. The van der Waals surface area contributed by atoms with Gasteiger partial charge in [-0.1, -0.05) is 30.3 Å². The van der Waals surface area contributed by atoms with Crippen molar-refractivity contribution < 1.29 is 27.1 Å². The molecule has 0 fully saturated rings. The first kappa shape index (κ1) is 25.7. The van der Waals surface area contributed by atoms with E-state index in [1.165, 1.54) is 0 Å². The highest BCUT2D eigenvalue weighted by atomic mass is 32.2. The summed E-state index contributed by atoms with van der Waals surface area (Å²) in [7, 11) is -4.21. The number of carbonyl (C=O) groups excluding carboxylic acids is 1. The average Bonchev–Trinajstić information content (AvgIpc) is 2.90. The van der Waals surface area contributed by atoms with Gasteiger partial charge in [-0.05, 0) is 79.7 Å². The lowest BCUT2D eigenvalue weighted by Gasteiger charge is -2.24. The molecule has 0 heterocycles. The third kappa shape index (κ3) is 6.45. The first-order valence-corrected chi connectivity index (χ1v) is 12.9. The fraction of sp³-hybridized carbons (Fsp3) is 0.107. The lowest BCUT2D eigenvalue weighted by atomic mass is 10.2. The summed E-state index contributed by atoms with van der Waals surface area (Å²) in [4.78, 5) is 13.0. The molecule has 1 N–H and O–H groups in total. The van der Waals surface area contributed by atoms with Crippen molar-refractivity contribution in [2.45, 2.75) is 11.8 Å². The molecule has 4 aromatic carbocycles. The van der Waals surface area contributed by atoms with E-state index in [2.05, 4.69) is 5.32 Å². The van der Waals surface area contributed by atoms with Gasteiger partial charge in [-0.3, -0.25) is 9.10 Å². The summed E-state index contributed by atoms with van der Waals surface area (Å²) in [6.45, 7) is 1.75. The van der Waals surface area contributed by atoms with Gasteiger partial charge in [0.15, 0.2) is 5.75 Å². The van der Waals surface area contributed by atoms with Crippen molar-refractivity contribution in [3.05, 3.63) is 109 Å². The summed E-state index contributed by atoms with van der Waals surface area (Å²) in [6, 6.07) is 26.7. The Bertz CT molecular complexity index is 1440. The zero-order valence-electron chi connectivity index (χ0n) is 20.0. The van der Waals surface area contributed by atoms with Gasteiger partial charge in [-0.15, -0.1) is 0 Å². The van der Waals surface area contributed by atoms with Crippen LogP contribution in [0, 0.1) is 5.82 Å². The molecule has 0 aliphatic heterocycles. The van der Waals surface area contributed by atoms with Crippen LogP contribution in [-0.4, -0.2) is 27.5 Å². The van der Waals surface area contributed by atoms with E-state index in [9.17, 15) is 17.6 Å². The molecular formula is C28H25FN2O5S. The molecule has 0 saturated carbocycles. The number of rotatable bonds is 10. The summed E-state index contributed by atoms with van der Waals surface area (Å²) in [5.74, 6) is 0.375. The van der Waals surface area contributed by atoms with Crippen LogP contribution in [0.25, 0.3) is 0 Å². The van der Waals surface area contributed by atoms with Gasteiger partial charge in [-0.25, -0.2) is 12.8 Å². The molecule has 0 atom stereocenters. The van der Waals surface area contributed by atoms with Gasteiger partial charge < -0.3 is 14.8 Å². The van der Waals surface area contributed by atoms with Gasteiger partial charge in [0.2, 0.25) is 5.91 Å². The molecular weight excluding hydrogens is 495 g/mol. The van der Waals surface area contributed by atoms with Crippen LogP contribution in [0.1, 0.15) is 6.92 Å². The topological polar surface area (TPSA) is 84.9 Å². The van der Waals surface area contributed by atoms with Crippen molar-refractivity contribution in [2.24, 2.45) is 0 Å². The fourth-order valence-corrected chi connectivity index (χ4v) is 4.94. The van der Waals surface area contributed by atoms with Crippen molar-refractivity contribution in [1.29, 1.82) is 0 Å². The third-order valence-corrected chi connectivity index (χ3v) is 7.04. The van der Waals surface area contributed by atoms with Gasteiger partial charge in [0.1, 0.15) is 23.9 Å². The number of anilines is 2. The molecule has 4 rings (SSSR count). The van der Waals surface area contributed by atoms with Crippen molar-refractivity contribution in [3.8, 4) is 17.2 Å². The number of hydrogen-bond acceptors (Lipinski definition) is 5. The van der Waals surface area contributed by atoms with Gasteiger partial charge in [0.05, 0.1) is 22.9 Å². The minimum Gasteiger partial charge on any atom is -0.494 e.